The highest BCUT2D eigenvalue weighted by Gasteiger charge is 2.30. The Morgan fingerprint density at radius 1 is 1.00 bits per heavy atom. The molecule has 1 atom stereocenters. The van der Waals surface area contributed by atoms with Crippen molar-refractivity contribution >= 4 is 27.5 Å². The molecule has 2 rings (SSSR count). The SMILES string of the molecule is Cc1cccc(CN(C(=O)CN(c2ccccc2)S(C)(=O)=O)[C@H](C)C(=O)NC(C)C)c1. The summed E-state index contributed by atoms with van der Waals surface area (Å²) in [6.07, 6.45) is 1.06. The number of carbonyl (C=O) groups excluding carboxylic acids is 2. The maximum Gasteiger partial charge on any atom is 0.244 e. The van der Waals surface area contributed by atoms with E-state index in [9.17, 15) is 18.0 Å². The molecule has 0 saturated carbocycles. The first-order chi connectivity index (χ1) is 14.5. The molecule has 0 aromatic heterocycles. The predicted molar refractivity (Wildman–Crippen MR) is 123 cm³/mol. The van der Waals surface area contributed by atoms with Crippen molar-refractivity contribution in [2.45, 2.75) is 46.3 Å². The number of aryl methyl sites for hydroxylation is 1. The van der Waals surface area contributed by atoms with Crippen LogP contribution in [0.2, 0.25) is 0 Å². The number of hydrogen-bond acceptors (Lipinski definition) is 4. The van der Waals surface area contributed by atoms with Gasteiger partial charge in [0.15, 0.2) is 0 Å². The van der Waals surface area contributed by atoms with Crippen LogP contribution in [0, 0.1) is 6.92 Å². The second-order valence-corrected chi connectivity index (χ2v) is 9.86. The molecule has 168 valence electrons. The topological polar surface area (TPSA) is 86.8 Å². The van der Waals surface area contributed by atoms with E-state index >= 15 is 0 Å². The van der Waals surface area contributed by atoms with Crippen LogP contribution in [0.4, 0.5) is 5.69 Å². The van der Waals surface area contributed by atoms with E-state index in [0.717, 1.165) is 21.7 Å². The van der Waals surface area contributed by atoms with E-state index < -0.39 is 28.5 Å². The highest BCUT2D eigenvalue weighted by atomic mass is 32.2. The number of rotatable bonds is 9. The van der Waals surface area contributed by atoms with Gasteiger partial charge in [-0.3, -0.25) is 13.9 Å². The molecule has 0 aliphatic rings. The monoisotopic (exact) mass is 445 g/mol. The molecule has 31 heavy (non-hydrogen) atoms. The lowest BCUT2D eigenvalue weighted by Crippen LogP contribution is -2.52. The minimum absolute atomic E-state index is 0.0808. The molecule has 0 saturated heterocycles. The number of nitrogens with one attached hydrogen (secondary N) is 1. The van der Waals surface area contributed by atoms with Crippen LogP contribution in [0.3, 0.4) is 0 Å². The highest BCUT2D eigenvalue weighted by Crippen LogP contribution is 2.18. The molecule has 8 heteroatoms. The number of para-hydroxylation sites is 1. The van der Waals surface area contributed by atoms with Crippen LogP contribution in [-0.4, -0.2) is 50.0 Å². The second-order valence-electron chi connectivity index (χ2n) is 7.96. The van der Waals surface area contributed by atoms with E-state index in [-0.39, 0.29) is 18.5 Å². The van der Waals surface area contributed by atoms with Crippen LogP contribution in [0.25, 0.3) is 0 Å². The summed E-state index contributed by atoms with van der Waals surface area (Å²) in [7, 11) is -3.71. The van der Waals surface area contributed by atoms with Crippen LogP contribution in [0.5, 0.6) is 0 Å². The lowest BCUT2D eigenvalue weighted by atomic mass is 10.1. The molecule has 2 aromatic rings. The Bertz CT molecular complexity index is 1010. The summed E-state index contributed by atoms with van der Waals surface area (Å²) < 4.78 is 25.9. The van der Waals surface area contributed by atoms with Crippen LogP contribution in [0.1, 0.15) is 31.9 Å². The minimum atomic E-state index is -3.71. The maximum absolute atomic E-state index is 13.3. The van der Waals surface area contributed by atoms with Crippen LogP contribution >= 0.6 is 0 Å². The van der Waals surface area contributed by atoms with Crippen molar-refractivity contribution in [1.82, 2.24) is 10.2 Å². The largest absolute Gasteiger partial charge is 0.352 e. The maximum atomic E-state index is 13.3. The molecular formula is C23H31N3O4S. The summed E-state index contributed by atoms with van der Waals surface area (Å²) in [6.45, 7) is 7.09. The molecule has 0 aliphatic carbocycles. The number of sulfonamides is 1. The van der Waals surface area contributed by atoms with Gasteiger partial charge in [-0.1, -0.05) is 48.0 Å². The fourth-order valence-corrected chi connectivity index (χ4v) is 4.05. The number of anilines is 1. The lowest BCUT2D eigenvalue weighted by molar-refractivity contribution is -0.139. The van der Waals surface area contributed by atoms with Gasteiger partial charge < -0.3 is 10.2 Å². The van der Waals surface area contributed by atoms with Gasteiger partial charge in [-0.25, -0.2) is 8.42 Å². The second kappa shape index (κ2) is 10.4. The molecule has 2 amide bonds. The van der Waals surface area contributed by atoms with Gasteiger partial charge in [-0.2, -0.15) is 0 Å². The van der Waals surface area contributed by atoms with Crippen LogP contribution in [-0.2, 0) is 26.2 Å². The smallest absolute Gasteiger partial charge is 0.244 e. The molecule has 0 fully saturated rings. The van der Waals surface area contributed by atoms with Crippen LogP contribution < -0.4 is 9.62 Å². The standard InChI is InChI=1S/C23H31N3O4S/c1-17(2)24-23(28)19(4)25(15-20-11-9-10-18(3)14-20)22(27)16-26(31(5,29)30)21-12-7-6-8-13-21/h6-14,17,19H,15-16H2,1-5H3,(H,24,28)/t19-/m1/s1. The lowest BCUT2D eigenvalue weighted by Gasteiger charge is -2.32. The van der Waals surface area contributed by atoms with E-state index in [2.05, 4.69) is 5.32 Å². The summed E-state index contributed by atoms with van der Waals surface area (Å²) in [6, 6.07) is 15.3. The average molecular weight is 446 g/mol. The van der Waals surface area contributed by atoms with Gasteiger partial charge in [0.1, 0.15) is 12.6 Å². The molecule has 0 heterocycles. The fourth-order valence-electron chi connectivity index (χ4n) is 3.20. The molecule has 7 nitrogen and oxygen atoms in total. The van der Waals surface area contributed by atoms with Gasteiger partial charge in [-0.05, 0) is 45.4 Å². The molecule has 2 aromatic carbocycles. The minimum Gasteiger partial charge on any atom is -0.352 e. The first kappa shape index (κ1) is 24.4. The molecular weight excluding hydrogens is 414 g/mol. The zero-order valence-corrected chi connectivity index (χ0v) is 19.5. The third kappa shape index (κ3) is 7.10. The van der Waals surface area contributed by atoms with Crippen molar-refractivity contribution in [3.8, 4) is 0 Å². The van der Waals surface area contributed by atoms with Crippen LogP contribution in [0.15, 0.2) is 54.6 Å². The summed E-state index contributed by atoms with van der Waals surface area (Å²) in [5.41, 5.74) is 2.29. The Hall–Kier alpha value is -2.87. The Morgan fingerprint density at radius 3 is 2.19 bits per heavy atom. The van der Waals surface area contributed by atoms with Gasteiger partial charge in [0.25, 0.3) is 0 Å². The molecule has 0 radical (unpaired) electrons. The average Bonchev–Trinajstić information content (AvgIpc) is 2.69. The van der Waals surface area contributed by atoms with Crippen molar-refractivity contribution in [3.63, 3.8) is 0 Å². The van der Waals surface area contributed by atoms with E-state index in [1.165, 1.54) is 4.90 Å². The molecule has 0 unspecified atom stereocenters. The first-order valence-electron chi connectivity index (χ1n) is 10.2. The van der Waals surface area contributed by atoms with Gasteiger partial charge >= 0.3 is 0 Å². The third-order valence-corrected chi connectivity index (χ3v) is 5.90. The summed E-state index contributed by atoms with van der Waals surface area (Å²) in [5.74, 6) is -0.746. The van der Waals surface area contributed by atoms with E-state index in [1.807, 2.05) is 45.0 Å². The Kier molecular flexibility index (Phi) is 8.21. The van der Waals surface area contributed by atoms with E-state index in [0.29, 0.717) is 5.69 Å². The number of carbonyl (C=O) groups is 2. The molecule has 0 spiro atoms. The normalized spacial score (nSPS) is 12.3. The quantitative estimate of drug-likeness (QED) is 0.643. The Labute approximate surface area is 185 Å². The summed E-state index contributed by atoms with van der Waals surface area (Å²) in [5, 5.41) is 2.83. The van der Waals surface area contributed by atoms with Gasteiger partial charge in [0.2, 0.25) is 21.8 Å². The number of nitrogens with zero attached hydrogens (tertiary/aromatic N) is 2. The zero-order chi connectivity index (χ0) is 23.2. The number of benzene rings is 2. The summed E-state index contributed by atoms with van der Waals surface area (Å²) >= 11 is 0. The van der Waals surface area contributed by atoms with Crippen molar-refractivity contribution in [1.29, 1.82) is 0 Å². The van der Waals surface area contributed by atoms with Crippen molar-refractivity contribution in [2.75, 3.05) is 17.1 Å². The van der Waals surface area contributed by atoms with Gasteiger partial charge in [0.05, 0.1) is 11.9 Å². The number of hydrogen-bond donors (Lipinski definition) is 1. The fraction of sp³-hybridized carbons (Fsp3) is 0.391. The van der Waals surface area contributed by atoms with Crippen molar-refractivity contribution in [2.24, 2.45) is 0 Å². The Balaban J connectivity index is 2.36. The molecule has 0 aliphatic heterocycles. The first-order valence-corrected chi connectivity index (χ1v) is 12.0. The van der Waals surface area contributed by atoms with Crippen molar-refractivity contribution in [3.05, 3.63) is 65.7 Å². The van der Waals surface area contributed by atoms with E-state index in [4.69, 9.17) is 0 Å². The molecule has 0 bridgehead atoms. The van der Waals surface area contributed by atoms with Gasteiger partial charge in [0, 0.05) is 12.6 Å². The van der Waals surface area contributed by atoms with Crippen molar-refractivity contribution < 1.29 is 18.0 Å². The third-order valence-electron chi connectivity index (χ3n) is 4.76. The highest BCUT2D eigenvalue weighted by molar-refractivity contribution is 7.92. The Morgan fingerprint density at radius 2 is 1.65 bits per heavy atom. The molecule has 1 N–H and O–H groups in total. The zero-order valence-electron chi connectivity index (χ0n) is 18.7. The van der Waals surface area contributed by atoms with E-state index in [1.54, 1.807) is 37.3 Å². The van der Waals surface area contributed by atoms with Gasteiger partial charge in [-0.15, -0.1) is 0 Å². The summed E-state index contributed by atoms with van der Waals surface area (Å²) in [4.78, 5) is 27.4. The number of amides is 2. The predicted octanol–water partition coefficient (Wildman–Crippen LogP) is 2.70.